The Morgan fingerprint density at radius 1 is 1.11 bits per heavy atom. The van der Waals surface area contributed by atoms with Crippen LogP contribution in [0.3, 0.4) is 0 Å². The molecule has 6 heteroatoms. The van der Waals surface area contributed by atoms with Crippen LogP contribution in [0.5, 0.6) is 0 Å². The number of amides is 2. The van der Waals surface area contributed by atoms with Crippen LogP contribution < -0.4 is 4.90 Å². The molecule has 1 fully saturated rings. The molecule has 2 aromatic carbocycles. The second-order valence-corrected chi connectivity index (χ2v) is 7.24. The van der Waals surface area contributed by atoms with Gasteiger partial charge >= 0.3 is 0 Å². The SMILES string of the molecule is CN1C(=O)C2(CCN(C(=O)[C@H](O)c3ccc(F)cc3)CC2)c2ccccc21. The molecule has 4 rings (SSSR count). The molecule has 0 aromatic heterocycles. The first-order valence-electron chi connectivity index (χ1n) is 9.04. The number of fused-ring (bicyclic) bond motifs is 2. The highest BCUT2D eigenvalue weighted by molar-refractivity contribution is 6.08. The first-order chi connectivity index (χ1) is 12.9. The number of piperidine rings is 1. The molecule has 2 amide bonds. The van der Waals surface area contributed by atoms with Gasteiger partial charge < -0.3 is 14.9 Å². The number of nitrogens with zero attached hydrogens (tertiary/aromatic N) is 2. The minimum atomic E-state index is -1.33. The van der Waals surface area contributed by atoms with Crippen molar-refractivity contribution in [3.8, 4) is 0 Å². The standard InChI is InChI=1S/C21H21FN2O3/c1-23-17-5-3-2-4-16(17)21(20(23)27)10-12-24(13-11-21)19(26)18(25)14-6-8-15(22)9-7-14/h2-9,18,25H,10-13H2,1H3/t18-/m1/s1. The molecule has 1 spiro atoms. The highest BCUT2D eigenvalue weighted by Gasteiger charge is 2.51. The van der Waals surface area contributed by atoms with Gasteiger partial charge in [0, 0.05) is 25.8 Å². The van der Waals surface area contributed by atoms with E-state index in [9.17, 15) is 19.1 Å². The Balaban J connectivity index is 1.51. The molecule has 2 aliphatic rings. The maximum absolute atomic E-state index is 13.1. The molecule has 5 nitrogen and oxygen atoms in total. The van der Waals surface area contributed by atoms with Crippen LogP contribution >= 0.6 is 0 Å². The average Bonchev–Trinajstić information content (AvgIpc) is 2.91. The predicted molar refractivity (Wildman–Crippen MR) is 98.7 cm³/mol. The second-order valence-electron chi connectivity index (χ2n) is 7.24. The molecular weight excluding hydrogens is 347 g/mol. The summed E-state index contributed by atoms with van der Waals surface area (Å²) in [5, 5.41) is 10.4. The van der Waals surface area contributed by atoms with Gasteiger partial charge in [0.05, 0.1) is 5.41 Å². The number of hydrogen-bond acceptors (Lipinski definition) is 3. The lowest BCUT2D eigenvalue weighted by atomic mass is 9.73. The van der Waals surface area contributed by atoms with Crippen LogP contribution in [-0.2, 0) is 15.0 Å². The van der Waals surface area contributed by atoms with Crippen LogP contribution in [0.1, 0.15) is 30.1 Å². The van der Waals surface area contributed by atoms with Gasteiger partial charge in [0.15, 0.2) is 6.10 Å². The lowest BCUT2D eigenvalue weighted by Crippen LogP contribution is -2.50. The summed E-state index contributed by atoms with van der Waals surface area (Å²) in [7, 11) is 1.78. The van der Waals surface area contributed by atoms with Gasteiger partial charge in [0.25, 0.3) is 5.91 Å². The van der Waals surface area contributed by atoms with Gasteiger partial charge in [-0.1, -0.05) is 30.3 Å². The van der Waals surface area contributed by atoms with E-state index in [1.165, 1.54) is 24.3 Å². The highest BCUT2D eigenvalue weighted by Crippen LogP contribution is 2.47. The number of halogens is 1. The number of aliphatic hydroxyl groups is 1. The summed E-state index contributed by atoms with van der Waals surface area (Å²) in [4.78, 5) is 28.9. The molecule has 0 aliphatic carbocycles. The van der Waals surface area contributed by atoms with E-state index in [4.69, 9.17) is 0 Å². The van der Waals surface area contributed by atoms with E-state index < -0.39 is 23.2 Å². The van der Waals surface area contributed by atoms with E-state index in [1.807, 2.05) is 24.3 Å². The topological polar surface area (TPSA) is 60.9 Å². The predicted octanol–water partition coefficient (Wildman–Crippen LogP) is 2.40. The lowest BCUT2D eigenvalue weighted by molar-refractivity contribution is -0.143. The zero-order chi connectivity index (χ0) is 19.2. The van der Waals surface area contributed by atoms with E-state index >= 15 is 0 Å². The Bertz CT molecular complexity index is 889. The highest BCUT2D eigenvalue weighted by atomic mass is 19.1. The van der Waals surface area contributed by atoms with Gasteiger partial charge in [-0.25, -0.2) is 4.39 Å². The van der Waals surface area contributed by atoms with Crippen molar-refractivity contribution >= 4 is 17.5 Å². The first-order valence-corrected chi connectivity index (χ1v) is 9.04. The third-order valence-corrected chi connectivity index (χ3v) is 5.84. The summed E-state index contributed by atoms with van der Waals surface area (Å²) in [6, 6.07) is 13.0. The molecule has 0 bridgehead atoms. The fourth-order valence-electron chi connectivity index (χ4n) is 4.27. The van der Waals surface area contributed by atoms with Crippen LogP contribution in [0.15, 0.2) is 48.5 Å². The van der Waals surface area contributed by atoms with Crippen molar-refractivity contribution in [1.29, 1.82) is 0 Å². The summed E-state index contributed by atoms with van der Waals surface area (Å²) in [6.07, 6.45) is -0.279. The number of rotatable bonds is 2. The summed E-state index contributed by atoms with van der Waals surface area (Å²) in [5.74, 6) is -0.765. The van der Waals surface area contributed by atoms with Crippen molar-refractivity contribution in [3.05, 3.63) is 65.5 Å². The number of anilines is 1. The fraction of sp³-hybridized carbons (Fsp3) is 0.333. The van der Waals surface area contributed by atoms with E-state index in [1.54, 1.807) is 16.8 Å². The van der Waals surface area contributed by atoms with E-state index in [0.717, 1.165) is 11.3 Å². The third-order valence-electron chi connectivity index (χ3n) is 5.84. The molecule has 0 radical (unpaired) electrons. The Morgan fingerprint density at radius 3 is 2.41 bits per heavy atom. The first kappa shape index (κ1) is 17.7. The number of likely N-dealkylation sites (N-methyl/N-ethyl adjacent to an activating group) is 1. The molecule has 0 unspecified atom stereocenters. The maximum atomic E-state index is 13.1. The molecular formula is C21H21FN2O3. The van der Waals surface area contributed by atoms with E-state index in [0.29, 0.717) is 31.5 Å². The van der Waals surface area contributed by atoms with Gasteiger partial charge in [-0.05, 0) is 42.2 Å². The van der Waals surface area contributed by atoms with Crippen molar-refractivity contribution in [2.24, 2.45) is 0 Å². The fourth-order valence-corrected chi connectivity index (χ4v) is 4.27. The number of carbonyl (C=O) groups is 2. The van der Waals surface area contributed by atoms with Gasteiger partial charge in [-0.2, -0.15) is 0 Å². The molecule has 27 heavy (non-hydrogen) atoms. The third kappa shape index (κ3) is 2.72. The van der Waals surface area contributed by atoms with Crippen molar-refractivity contribution < 1.29 is 19.1 Å². The van der Waals surface area contributed by atoms with Gasteiger partial charge in [-0.3, -0.25) is 9.59 Å². The monoisotopic (exact) mass is 368 g/mol. The zero-order valence-electron chi connectivity index (χ0n) is 15.1. The molecule has 1 atom stereocenters. The average molecular weight is 368 g/mol. The van der Waals surface area contributed by atoms with Crippen LogP contribution in [0, 0.1) is 5.82 Å². The van der Waals surface area contributed by atoms with Crippen LogP contribution in [-0.4, -0.2) is 42.0 Å². The zero-order valence-corrected chi connectivity index (χ0v) is 15.1. The number of likely N-dealkylation sites (tertiary alicyclic amines) is 1. The summed E-state index contributed by atoms with van der Waals surface area (Å²) < 4.78 is 13.1. The summed E-state index contributed by atoms with van der Waals surface area (Å²) in [6.45, 7) is 0.788. The van der Waals surface area contributed by atoms with E-state index in [-0.39, 0.29) is 5.91 Å². The molecule has 2 heterocycles. The summed E-state index contributed by atoms with van der Waals surface area (Å²) >= 11 is 0. The van der Waals surface area contributed by atoms with Crippen LogP contribution in [0.2, 0.25) is 0 Å². The van der Waals surface area contributed by atoms with Gasteiger partial charge in [0.1, 0.15) is 5.82 Å². The number of hydrogen-bond donors (Lipinski definition) is 1. The van der Waals surface area contributed by atoms with Crippen LogP contribution in [0.25, 0.3) is 0 Å². The number of para-hydroxylation sites is 1. The van der Waals surface area contributed by atoms with Crippen molar-refractivity contribution in [2.75, 3.05) is 25.0 Å². The Labute approximate surface area is 157 Å². The Morgan fingerprint density at radius 2 is 1.74 bits per heavy atom. The van der Waals surface area contributed by atoms with Crippen molar-refractivity contribution in [2.45, 2.75) is 24.4 Å². The number of benzene rings is 2. The molecule has 2 aromatic rings. The number of aliphatic hydroxyl groups excluding tert-OH is 1. The van der Waals surface area contributed by atoms with Gasteiger partial charge in [-0.15, -0.1) is 0 Å². The minimum absolute atomic E-state index is 0.0647. The second kappa shape index (κ2) is 6.46. The smallest absolute Gasteiger partial charge is 0.256 e. The normalized spacial score (nSPS) is 19.3. The van der Waals surface area contributed by atoms with Crippen LogP contribution in [0.4, 0.5) is 10.1 Å². The number of carbonyl (C=O) groups excluding carboxylic acids is 2. The molecule has 1 saturated heterocycles. The van der Waals surface area contributed by atoms with Gasteiger partial charge in [0.2, 0.25) is 5.91 Å². The maximum Gasteiger partial charge on any atom is 0.256 e. The Kier molecular flexibility index (Phi) is 4.23. The van der Waals surface area contributed by atoms with E-state index in [2.05, 4.69) is 0 Å². The molecule has 140 valence electrons. The quantitative estimate of drug-likeness (QED) is 0.886. The summed E-state index contributed by atoms with van der Waals surface area (Å²) in [5.41, 5.74) is 1.71. The van der Waals surface area contributed by atoms with Crippen molar-refractivity contribution in [3.63, 3.8) is 0 Å². The minimum Gasteiger partial charge on any atom is -0.378 e. The molecule has 1 N–H and O–H groups in total. The lowest BCUT2D eigenvalue weighted by Gasteiger charge is -2.39. The largest absolute Gasteiger partial charge is 0.378 e. The Hall–Kier alpha value is -2.73. The molecule has 2 aliphatic heterocycles. The van der Waals surface area contributed by atoms with Crippen molar-refractivity contribution in [1.82, 2.24) is 4.90 Å². The molecule has 0 saturated carbocycles.